The third kappa shape index (κ3) is 4.34. The van der Waals surface area contributed by atoms with E-state index in [0.29, 0.717) is 22.0 Å². The summed E-state index contributed by atoms with van der Waals surface area (Å²) < 4.78 is 8.86. The minimum atomic E-state index is -0.0779. The van der Waals surface area contributed by atoms with Crippen molar-refractivity contribution in [3.63, 3.8) is 0 Å². The van der Waals surface area contributed by atoms with Crippen LogP contribution in [-0.4, -0.2) is 39.4 Å². The number of aromatic nitrogens is 3. The molecule has 0 aliphatic carbocycles. The third-order valence-electron chi connectivity index (χ3n) is 5.50. The fourth-order valence-electron chi connectivity index (χ4n) is 3.80. The Labute approximate surface area is 198 Å². The number of thioether (sulfide) groups is 1. The molecule has 9 heteroatoms. The molecule has 0 saturated heterocycles. The Balaban J connectivity index is 1.55. The molecule has 0 spiro atoms. The Hall–Kier alpha value is -2.20. The summed E-state index contributed by atoms with van der Waals surface area (Å²) in [7, 11) is 3.42. The van der Waals surface area contributed by atoms with Crippen molar-refractivity contribution < 1.29 is 9.53 Å². The van der Waals surface area contributed by atoms with Gasteiger partial charge in [0, 0.05) is 60.1 Å². The number of aryl methyl sites for hydroxylation is 1. The van der Waals surface area contributed by atoms with E-state index in [1.165, 1.54) is 23.1 Å². The van der Waals surface area contributed by atoms with Crippen LogP contribution in [0.5, 0.6) is 0 Å². The minimum Gasteiger partial charge on any atom is -0.385 e. The van der Waals surface area contributed by atoms with E-state index in [4.69, 9.17) is 9.72 Å². The Morgan fingerprint density at radius 2 is 2.09 bits per heavy atom. The molecule has 0 aliphatic heterocycles. The lowest BCUT2D eigenvalue weighted by Crippen LogP contribution is -2.20. The number of methoxy groups -OCH3 is 1. The summed E-state index contributed by atoms with van der Waals surface area (Å²) in [5, 5.41) is 5.20. The van der Waals surface area contributed by atoms with Crippen molar-refractivity contribution in [3.05, 3.63) is 56.3 Å². The Morgan fingerprint density at radius 3 is 2.81 bits per heavy atom. The number of ketones is 1. The molecule has 0 aromatic carbocycles. The summed E-state index contributed by atoms with van der Waals surface area (Å²) in [6.07, 6.45) is 0.898. The van der Waals surface area contributed by atoms with Crippen LogP contribution in [0.15, 0.2) is 38.9 Å². The van der Waals surface area contributed by atoms with Gasteiger partial charge < -0.3 is 9.30 Å². The molecule has 0 N–H and O–H groups in total. The van der Waals surface area contributed by atoms with Gasteiger partial charge in [-0.05, 0) is 37.8 Å². The highest BCUT2D eigenvalue weighted by Gasteiger charge is 2.19. The fraction of sp³-hybridized carbons (Fsp3) is 0.348. The summed E-state index contributed by atoms with van der Waals surface area (Å²) >= 11 is 4.39. The summed E-state index contributed by atoms with van der Waals surface area (Å²) in [5.74, 6) is 0.276. The van der Waals surface area contributed by atoms with E-state index in [0.717, 1.165) is 40.4 Å². The van der Waals surface area contributed by atoms with E-state index in [9.17, 15) is 9.59 Å². The number of thiophene rings is 2. The van der Waals surface area contributed by atoms with E-state index in [-0.39, 0.29) is 17.1 Å². The first-order chi connectivity index (χ1) is 15.4. The summed E-state index contributed by atoms with van der Waals surface area (Å²) in [6, 6.07) is 5.94. The van der Waals surface area contributed by atoms with Crippen molar-refractivity contribution >= 4 is 50.4 Å². The second-order valence-electron chi connectivity index (χ2n) is 7.56. The van der Waals surface area contributed by atoms with Crippen LogP contribution in [0.2, 0.25) is 0 Å². The molecule has 32 heavy (non-hydrogen) atoms. The lowest BCUT2D eigenvalue weighted by molar-refractivity contribution is 0.102. The van der Waals surface area contributed by atoms with E-state index < -0.39 is 0 Å². The van der Waals surface area contributed by atoms with Gasteiger partial charge in [-0.1, -0.05) is 17.8 Å². The molecule has 4 aromatic rings. The second-order valence-corrected chi connectivity index (χ2v) is 10.3. The number of ether oxygens (including phenoxy) is 1. The highest BCUT2D eigenvalue weighted by molar-refractivity contribution is 7.99. The Kier molecular flexibility index (Phi) is 6.99. The summed E-state index contributed by atoms with van der Waals surface area (Å²) in [6.45, 7) is 5.51. The van der Waals surface area contributed by atoms with Gasteiger partial charge in [0.15, 0.2) is 10.9 Å². The molecule has 0 radical (unpaired) electrons. The normalized spacial score (nSPS) is 11.5. The Morgan fingerprint density at radius 1 is 1.28 bits per heavy atom. The number of nitrogens with zero attached hydrogens (tertiary/aromatic N) is 3. The molecule has 4 rings (SSSR count). The lowest BCUT2D eigenvalue weighted by Gasteiger charge is -2.10. The molecule has 0 saturated carbocycles. The van der Waals surface area contributed by atoms with Crippen LogP contribution >= 0.6 is 34.4 Å². The van der Waals surface area contributed by atoms with E-state index >= 15 is 0 Å². The maximum atomic E-state index is 13.1. The molecule has 0 unspecified atom stereocenters. The van der Waals surface area contributed by atoms with Crippen LogP contribution < -0.4 is 5.56 Å². The van der Waals surface area contributed by atoms with Gasteiger partial charge in [0.25, 0.3) is 5.56 Å². The zero-order valence-corrected chi connectivity index (χ0v) is 21.0. The second kappa shape index (κ2) is 9.74. The molecule has 0 atom stereocenters. The van der Waals surface area contributed by atoms with Gasteiger partial charge in [-0.25, -0.2) is 4.98 Å². The van der Waals surface area contributed by atoms with Crippen molar-refractivity contribution in [2.45, 2.75) is 32.0 Å². The number of rotatable bonds is 9. The molecular weight excluding hydrogens is 462 g/mol. The molecule has 0 bridgehead atoms. The smallest absolute Gasteiger partial charge is 0.263 e. The Bertz CT molecular complexity index is 1320. The monoisotopic (exact) mass is 487 g/mol. The average Bonchev–Trinajstić information content (AvgIpc) is 3.50. The van der Waals surface area contributed by atoms with Crippen LogP contribution in [0, 0.1) is 13.8 Å². The van der Waals surface area contributed by atoms with Gasteiger partial charge in [-0.3, -0.25) is 14.2 Å². The maximum absolute atomic E-state index is 13.1. The van der Waals surface area contributed by atoms with Gasteiger partial charge >= 0.3 is 0 Å². The van der Waals surface area contributed by atoms with E-state index in [2.05, 4.69) is 4.57 Å². The van der Waals surface area contributed by atoms with Gasteiger partial charge in [-0.15, -0.1) is 22.7 Å². The number of carbonyl (C=O) groups is 1. The lowest BCUT2D eigenvalue weighted by atomic mass is 10.2. The highest BCUT2D eigenvalue weighted by Crippen LogP contribution is 2.34. The first-order valence-electron chi connectivity index (χ1n) is 10.3. The zero-order chi connectivity index (χ0) is 22.8. The molecule has 0 fully saturated rings. The molecule has 0 aliphatic rings. The van der Waals surface area contributed by atoms with Gasteiger partial charge in [0.1, 0.15) is 4.83 Å². The van der Waals surface area contributed by atoms with Crippen LogP contribution in [0.1, 0.15) is 28.2 Å². The average molecular weight is 488 g/mol. The summed E-state index contributed by atoms with van der Waals surface area (Å²) in [5.41, 5.74) is 3.63. The predicted molar refractivity (Wildman–Crippen MR) is 134 cm³/mol. The molecule has 4 aromatic heterocycles. The zero-order valence-electron chi connectivity index (χ0n) is 18.5. The maximum Gasteiger partial charge on any atom is 0.263 e. The highest BCUT2D eigenvalue weighted by atomic mass is 32.2. The third-order valence-corrected chi connectivity index (χ3v) is 8.30. The van der Waals surface area contributed by atoms with Crippen molar-refractivity contribution in [1.29, 1.82) is 0 Å². The van der Waals surface area contributed by atoms with Crippen LogP contribution in [-0.2, 0) is 18.3 Å². The molecule has 4 heterocycles. The molecular formula is C23H25N3O3S3. The van der Waals surface area contributed by atoms with Crippen molar-refractivity contribution in [2.75, 3.05) is 19.5 Å². The number of fused-ring (bicyclic) bond motifs is 1. The minimum absolute atomic E-state index is 0.0425. The predicted octanol–water partition coefficient (Wildman–Crippen LogP) is 5.15. The summed E-state index contributed by atoms with van der Waals surface area (Å²) in [4.78, 5) is 32.6. The SMILES string of the molecule is COCCCn1c(C)cc(C(=O)CSc2nc3scc(-c4cccs4)c3c(=O)n2C)c1C. The molecule has 0 amide bonds. The van der Waals surface area contributed by atoms with E-state index in [1.807, 2.05) is 42.8 Å². The van der Waals surface area contributed by atoms with Crippen LogP contribution in [0.4, 0.5) is 0 Å². The quantitative estimate of drug-likeness (QED) is 0.141. The standard InChI is InChI=1S/C23H25N3O3S3/c1-14-11-16(15(2)26(14)8-6-9-29-4)18(27)13-32-23-24-21-20(22(28)25(23)3)17(12-31-21)19-7-5-10-30-19/h5,7,10-12H,6,8-9,13H2,1-4H3. The first kappa shape index (κ1) is 23.0. The van der Waals surface area contributed by atoms with Crippen molar-refractivity contribution in [1.82, 2.24) is 14.1 Å². The van der Waals surface area contributed by atoms with Crippen LogP contribution in [0.25, 0.3) is 20.7 Å². The van der Waals surface area contributed by atoms with Crippen LogP contribution in [0.3, 0.4) is 0 Å². The van der Waals surface area contributed by atoms with Gasteiger partial charge in [0.2, 0.25) is 0 Å². The number of hydrogen-bond donors (Lipinski definition) is 0. The first-order valence-corrected chi connectivity index (χ1v) is 13.0. The number of hydrogen-bond acceptors (Lipinski definition) is 7. The van der Waals surface area contributed by atoms with Gasteiger partial charge in [0.05, 0.1) is 11.1 Å². The van der Waals surface area contributed by atoms with E-state index in [1.54, 1.807) is 30.1 Å². The number of carbonyl (C=O) groups excluding carboxylic acids is 1. The molecule has 6 nitrogen and oxygen atoms in total. The van der Waals surface area contributed by atoms with Crippen molar-refractivity contribution in [2.24, 2.45) is 7.05 Å². The topological polar surface area (TPSA) is 66.1 Å². The van der Waals surface area contributed by atoms with Gasteiger partial charge in [-0.2, -0.15) is 0 Å². The fourth-order valence-corrected chi connectivity index (χ4v) is 6.46. The van der Waals surface area contributed by atoms with Crippen molar-refractivity contribution in [3.8, 4) is 10.4 Å². The number of Topliss-reactive ketones (excluding diaryl/α,β-unsaturated/α-hetero) is 1. The largest absolute Gasteiger partial charge is 0.385 e. The molecule has 168 valence electrons.